The van der Waals surface area contributed by atoms with Crippen LogP contribution in [0.2, 0.25) is 5.02 Å². The molecule has 0 aliphatic heterocycles. The first kappa shape index (κ1) is 23.4. The van der Waals surface area contributed by atoms with E-state index in [0.29, 0.717) is 52.4 Å². The van der Waals surface area contributed by atoms with Crippen LogP contribution in [-0.2, 0) is 13.1 Å². The summed E-state index contributed by atoms with van der Waals surface area (Å²) in [5.74, 6) is 1.44. The number of imidazole rings is 1. The van der Waals surface area contributed by atoms with Crippen LogP contribution < -0.4 is 15.6 Å². The molecule has 0 bridgehead atoms. The summed E-state index contributed by atoms with van der Waals surface area (Å²) in [6.45, 7) is 0.243. The Kier molecular flexibility index (Phi) is 6.85. The number of hydrogen-bond acceptors (Lipinski definition) is 7. The standard InChI is InChI=1S/C25H21ClFN7O2/c26-18-4-2-17(3-5-18)14-34-23-22(33(16-30-23)11-1-10-27)24(35)32-25(34)31-19-6-8-20(9-7-19)36-21-12-28-15-29-13-21/h2-9,12-13,15-16H,1,10-11,14H2,(H,31,32,35). The van der Waals surface area contributed by atoms with E-state index in [0.717, 1.165) is 5.56 Å². The monoisotopic (exact) mass is 505 g/mol. The number of hydrogen-bond donors (Lipinski definition) is 1. The molecule has 0 amide bonds. The third kappa shape index (κ3) is 5.18. The van der Waals surface area contributed by atoms with Crippen LogP contribution in [0.4, 0.5) is 16.0 Å². The minimum Gasteiger partial charge on any atom is -0.454 e. The Morgan fingerprint density at radius 3 is 2.47 bits per heavy atom. The maximum atomic E-state index is 13.0. The molecule has 0 saturated carbocycles. The molecule has 5 aromatic rings. The van der Waals surface area contributed by atoms with Gasteiger partial charge in [-0.1, -0.05) is 23.7 Å². The third-order valence-corrected chi connectivity index (χ3v) is 5.66. The highest BCUT2D eigenvalue weighted by Gasteiger charge is 2.17. The Bertz CT molecular complexity index is 1520. The van der Waals surface area contributed by atoms with Crippen LogP contribution in [-0.4, -0.2) is 35.7 Å². The van der Waals surface area contributed by atoms with Crippen LogP contribution in [0, 0.1) is 0 Å². The smallest absolute Gasteiger partial charge is 0.300 e. The molecule has 0 aliphatic rings. The SMILES string of the molecule is O=c1nc(Nc2ccc(Oc3cncnc3)cc2)n(Cc2ccc(Cl)cc2)c2ncn(CCCF)c12. The summed E-state index contributed by atoms with van der Waals surface area (Å²) in [7, 11) is 0. The van der Waals surface area contributed by atoms with Crippen LogP contribution in [0.1, 0.15) is 12.0 Å². The van der Waals surface area contributed by atoms with E-state index in [1.807, 2.05) is 28.8 Å². The van der Waals surface area contributed by atoms with Crippen LogP contribution >= 0.6 is 11.6 Å². The summed E-state index contributed by atoms with van der Waals surface area (Å²) in [5, 5.41) is 3.84. The van der Waals surface area contributed by atoms with E-state index in [2.05, 4.69) is 25.3 Å². The highest BCUT2D eigenvalue weighted by molar-refractivity contribution is 6.30. The third-order valence-electron chi connectivity index (χ3n) is 5.41. The lowest BCUT2D eigenvalue weighted by molar-refractivity contribution is 0.449. The molecule has 182 valence electrons. The summed E-state index contributed by atoms with van der Waals surface area (Å²) in [5.41, 5.74) is 1.98. The van der Waals surface area contributed by atoms with Gasteiger partial charge in [0.15, 0.2) is 16.9 Å². The Balaban J connectivity index is 1.49. The summed E-state index contributed by atoms with van der Waals surface area (Å²) in [6, 6.07) is 14.6. The molecule has 2 aromatic carbocycles. The van der Waals surface area contributed by atoms with Crippen LogP contribution in [0.5, 0.6) is 11.5 Å². The van der Waals surface area contributed by atoms with Crippen LogP contribution in [0.25, 0.3) is 11.2 Å². The summed E-state index contributed by atoms with van der Waals surface area (Å²) in [6.07, 6.45) is 6.40. The van der Waals surface area contributed by atoms with Crippen molar-refractivity contribution in [1.29, 1.82) is 0 Å². The van der Waals surface area contributed by atoms with Gasteiger partial charge >= 0.3 is 5.56 Å². The van der Waals surface area contributed by atoms with Gasteiger partial charge in [0, 0.05) is 17.3 Å². The molecule has 0 aliphatic carbocycles. The van der Waals surface area contributed by atoms with Crippen molar-refractivity contribution in [3.63, 3.8) is 0 Å². The molecule has 0 fully saturated rings. The van der Waals surface area contributed by atoms with Crippen molar-refractivity contribution in [2.75, 3.05) is 12.0 Å². The van der Waals surface area contributed by atoms with Crippen molar-refractivity contribution in [3.8, 4) is 11.5 Å². The van der Waals surface area contributed by atoms with Gasteiger partial charge in [-0.25, -0.2) is 15.0 Å². The second-order valence-electron chi connectivity index (χ2n) is 7.93. The van der Waals surface area contributed by atoms with Crippen molar-refractivity contribution in [2.24, 2.45) is 0 Å². The van der Waals surface area contributed by atoms with Gasteiger partial charge < -0.3 is 14.6 Å². The number of anilines is 2. The van der Waals surface area contributed by atoms with Crippen molar-refractivity contribution in [2.45, 2.75) is 19.5 Å². The minimum atomic E-state index is -0.483. The molecule has 0 unspecified atom stereocenters. The van der Waals surface area contributed by atoms with E-state index in [1.165, 1.54) is 6.33 Å². The average Bonchev–Trinajstić information content (AvgIpc) is 3.32. The quantitative estimate of drug-likeness (QED) is 0.301. The fourth-order valence-electron chi connectivity index (χ4n) is 3.72. The Morgan fingerprint density at radius 2 is 1.75 bits per heavy atom. The van der Waals surface area contributed by atoms with E-state index in [4.69, 9.17) is 16.3 Å². The second-order valence-corrected chi connectivity index (χ2v) is 8.37. The number of halogens is 2. The number of ether oxygens (including phenoxy) is 1. The van der Waals surface area contributed by atoms with Crippen molar-refractivity contribution < 1.29 is 9.13 Å². The Hall–Kier alpha value is -4.31. The molecule has 0 saturated heterocycles. The van der Waals surface area contributed by atoms with Gasteiger partial charge in [-0.2, -0.15) is 4.98 Å². The fraction of sp³-hybridized carbons (Fsp3) is 0.160. The average molecular weight is 506 g/mol. The molecule has 9 nitrogen and oxygen atoms in total. The number of fused-ring (bicyclic) bond motifs is 1. The normalized spacial score (nSPS) is 11.1. The first-order chi connectivity index (χ1) is 17.6. The molecule has 0 spiro atoms. The molecule has 0 atom stereocenters. The van der Waals surface area contributed by atoms with Crippen LogP contribution in [0.15, 0.2) is 78.4 Å². The van der Waals surface area contributed by atoms with Gasteiger partial charge in [-0.15, -0.1) is 0 Å². The van der Waals surface area contributed by atoms with E-state index in [-0.39, 0.29) is 6.42 Å². The molecule has 36 heavy (non-hydrogen) atoms. The molecule has 1 N–H and O–H groups in total. The number of aromatic nitrogens is 6. The van der Waals surface area contributed by atoms with Gasteiger partial charge in [0.1, 0.15) is 12.1 Å². The highest BCUT2D eigenvalue weighted by Crippen LogP contribution is 2.25. The fourth-order valence-corrected chi connectivity index (χ4v) is 3.85. The van der Waals surface area contributed by atoms with Gasteiger partial charge in [0.2, 0.25) is 5.95 Å². The lowest BCUT2D eigenvalue weighted by Crippen LogP contribution is -2.20. The predicted molar refractivity (Wildman–Crippen MR) is 135 cm³/mol. The molecule has 3 heterocycles. The molecular weight excluding hydrogens is 485 g/mol. The molecular formula is C25H21ClFN7O2. The molecule has 0 radical (unpaired) electrons. The highest BCUT2D eigenvalue weighted by atomic mass is 35.5. The summed E-state index contributed by atoms with van der Waals surface area (Å²) < 4.78 is 22.0. The number of alkyl halides is 1. The summed E-state index contributed by atoms with van der Waals surface area (Å²) >= 11 is 6.05. The zero-order chi connectivity index (χ0) is 24.9. The predicted octanol–water partition coefficient (Wildman–Crippen LogP) is 4.98. The largest absolute Gasteiger partial charge is 0.454 e. The summed E-state index contributed by atoms with van der Waals surface area (Å²) in [4.78, 5) is 29.6. The van der Waals surface area contributed by atoms with E-state index in [1.54, 1.807) is 47.6 Å². The van der Waals surface area contributed by atoms with Crippen molar-refractivity contribution in [1.82, 2.24) is 29.1 Å². The Labute approximate surface area is 210 Å². The second kappa shape index (κ2) is 10.5. The van der Waals surface area contributed by atoms with Gasteiger partial charge in [0.05, 0.1) is 31.9 Å². The topological polar surface area (TPSA) is 99.8 Å². The first-order valence-corrected chi connectivity index (χ1v) is 11.5. The van der Waals surface area contributed by atoms with Crippen molar-refractivity contribution >= 4 is 34.4 Å². The zero-order valence-electron chi connectivity index (χ0n) is 19.0. The number of aryl methyl sites for hydroxylation is 1. The van der Waals surface area contributed by atoms with Gasteiger partial charge in [0.25, 0.3) is 0 Å². The van der Waals surface area contributed by atoms with Gasteiger partial charge in [-0.3, -0.25) is 13.8 Å². The van der Waals surface area contributed by atoms with E-state index >= 15 is 0 Å². The maximum absolute atomic E-state index is 13.0. The number of nitrogens with zero attached hydrogens (tertiary/aromatic N) is 6. The maximum Gasteiger partial charge on any atom is 0.300 e. The molecule has 3 aromatic heterocycles. The van der Waals surface area contributed by atoms with Gasteiger partial charge in [-0.05, 0) is 48.4 Å². The molecule has 11 heteroatoms. The lowest BCUT2D eigenvalue weighted by Gasteiger charge is -2.16. The van der Waals surface area contributed by atoms with Crippen LogP contribution in [0.3, 0.4) is 0 Å². The minimum absolute atomic E-state index is 0.283. The lowest BCUT2D eigenvalue weighted by atomic mass is 10.2. The number of nitrogens with one attached hydrogen (secondary N) is 1. The number of rotatable bonds is 9. The Morgan fingerprint density at radius 1 is 1.00 bits per heavy atom. The molecule has 5 rings (SSSR count). The van der Waals surface area contributed by atoms with E-state index in [9.17, 15) is 9.18 Å². The zero-order valence-corrected chi connectivity index (χ0v) is 19.8. The van der Waals surface area contributed by atoms with E-state index < -0.39 is 12.2 Å². The van der Waals surface area contributed by atoms with Crippen molar-refractivity contribution in [3.05, 3.63) is 94.5 Å². The number of benzene rings is 2. The first-order valence-electron chi connectivity index (χ1n) is 11.2.